The highest BCUT2D eigenvalue weighted by atomic mass is 32.2. The predicted molar refractivity (Wildman–Crippen MR) is 107 cm³/mol. The summed E-state index contributed by atoms with van der Waals surface area (Å²) in [6.45, 7) is 0. The number of fused-ring (bicyclic) bond motifs is 1. The molecule has 2 aromatic rings. The number of aromatic nitrogens is 3. The van der Waals surface area contributed by atoms with E-state index >= 15 is 0 Å². The van der Waals surface area contributed by atoms with Gasteiger partial charge in [-0.2, -0.15) is 5.26 Å². The largest absolute Gasteiger partial charge is 0.316 e. The second kappa shape index (κ2) is 7.50. The van der Waals surface area contributed by atoms with Crippen molar-refractivity contribution in [3.63, 3.8) is 0 Å². The fourth-order valence-corrected chi connectivity index (χ4v) is 7.42. The number of nitriles is 1. The van der Waals surface area contributed by atoms with Gasteiger partial charge in [0.05, 0.1) is 22.8 Å². The summed E-state index contributed by atoms with van der Waals surface area (Å²) in [5, 5.41) is 21.7. The van der Waals surface area contributed by atoms with Gasteiger partial charge in [0.25, 0.3) is 0 Å². The number of anilines is 1. The molecule has 0 saturated carbocycles. The van der Waals surface area contributed by atoms with Crippen LogP contribution in [0, 0.1) is 11.3 Å². The lowest BCUT2D eigenvalue weighted by Crippen LogP contribution is -2.14. The number of hydrogen-bond acceptors (Lipinski definition) is 8. The topological polar surface area (TPSA) is 118 Å². The number of carbonyl (C=O) groups is 1. The first-order valence-corrected chi connectivity index (χ1v) is 12.6. The fourth-order valence-electron chi connectivity index (χ4n) is 3.71. The second-order valence-corrected chi connectivity index (χ2v) is 11.3. The van der Waals surface area contributed by atoms with E-state index in [0.29, 0.717) is 28.0 Å². The number of rotatable bonds is 5. The molecule has 0 radical (unpaired) electrons. The lowest BCUT2D eigenvalue weighted by atomic mass is 10.1. The molecule has 1 aliphatic carbocycles. The average Bonchev–Trinajstić information content (AvgIpc) is 3.37. The summed E-state index contributed by atoms with van der Waals surface area (Å²) in [6, 6.07) is 2.22. The summed E-state index contributed by atoms with van der Waals surface area (Å²) in [5.74, 6) is 0.727. The Balaban J connectivity index is 1.39. The number of thioether (sulfide) groups is 1. The van der Waals surface area contributed by atoms with Gasteiger partial charge in [-0.05, 0) is 31.2 Å². The number of nitrogens with one attached hydrogen (secondary N) is 1. The van der Waals surface area contributed by atoms with Crippen molar-refractivity contribution in [2.45, 2.75) is 36.8 Å². The van der Waals surface area contributed by atoms with E-state index in [1.54, 1.807) is 11.6 Å². The molecule has 1 aliphatic heterocycles. The van der Waals surface area contributed by atoms with E-state index in [0.717, 1.165) is 24.8 Å². The van der Waals surface area contributed by atoms with Crippen molar-refractivity contribution >= 4 is 43.8 Å². The molecule has 1 N–H and O–H groups in total. The second-order valence-electron chi connectivity index (χ2n) is 7.01. The Morgan fingerprint density at radius 2 is 2.25 bits per heavy atom. The minimum atomic E-state index is -2.99. The van der Waals surface area contributed by atoms with Crippen LogP contribution in [0.4, 0.5) is 5.00 Å². The zero-order valence-corrected chi connectivity index (χ0v) is 17.7. The van der Waals surface area contributed by atoms with Crippen LogP contribution in [0.1, 0.15) is 40.6 Å². The Hall–Kier alpha value is -1.90. The van der Waals surface area contributed by atoms with Crippen molar-refractivity contribution in [1.29, 1.82) is 5.26 Å². The maximum atomic E-state index is 12.4. The summed E-state index contributed by atoms with van der Waals surface area (Å²) in [6.07, 6.45) is 3.49. The number of nitrogens with zero attached hydrogens (tertiary/aromatic N) is 4. The van der Waals surface area contributed by atoms with Crippen molar-refractivity contribution in [3.8, 4) is 6.07 Å². The van der Waals surface area contributed by atoms with Gasteiger partial charge in [-0.15, -0.1) is 21.5 Å². The van der Waals surface area contributed by atoms with Crippen molar-refractivity contribution < 1.29 is 13.2 Å². The smallest absolute Gasteiger partial charge is 0.235 e. The molecule has 0 bridgehead atoms. The highest BCUT2D eigenvalue weighted by Crippen LogP contribution is 2.38. The Bertz CT molecular complexity index is 1080. The third-order valence-electron chi connectivity index (χ3n) is 5.08. The molecule has 28 heavy (non-hydrogen) atoms. The minimum Gasteiger partial charge on any atom is -0.316 e. The molecule has 1 fully saturated rings. The van der Waals surface area contributed by atoms with E-state index < -0.39 is 9.84 Å². The molecule has 148 valence electrons. The van der Waals surface area contributed by atoms with Gasteiger partial charge in [0.15, 0.2) is 15.0 Å². The molecule has 8 nitrogen and oxygen atoms in total. The first-order valence-electron chi connectivity index (χ1n) is 8.95. The summed E-state index contributed by atoms with van der Waals surface area (Å²) < 4.78 is 25.1. The Morgan fingerprint density at radius 1 is 1.43 bits per heavy atom. The zero-order valence-electron chi connectivity index (χ0n) is 15.3. The number of amides is 1. The van der Waals surface area contributed by atoms with Crippen LogP contribution < -0.4 is 5.32 Å². The van der Waals surface area contributed by atoms with Crippen LogP contribution in [-0.4, -0.2) is 46.3 Å². The van der Waals surface area contributed by atoms with Crippen LogP contribution >= 0.6 is 23.1 Å². The number of carbonyl (C=O) groups excluding carboxylic acids is 1. The summed E-state index contributed by atoms with van der Waals surface area (Å²) in [5.41, 5.74) is 1.68. The third-order valence-corrected chi connectivity index (χ3v) is 9.08. The van der Waals surface area contributed by atoms with Crippen LogP contribution in [0.3, 0.4) is 0 Å². The van der Waals surface area contributed by atoms with E-state index in [1.165, 1.54) is 28.0 Å². The monoisotopic (exact) mass is 437 g/mol. The van der Waals surface area contributed by atoms with E-state index in [1.807, 2.05) is 0 Å². The van der Waals surface area contributed by atoms with Gasteiger partial charge in [-0.1, -0.05) is 11.8 Å². The van der Waals surface area contributed by atoms with Gasteiger partial charge in [0, 0.05) is 17.8 Å². The van der Waals surface area contributed by atoms with Crippen LogP contribution in [0.2, 0.25) is 0 Å². The van der Waals surface area contributed by atoms with Crippen LogP contribution in [0.5, 0.6) is 0 Å². The normalized spacial score (nSPS) is 20.1. The Labute approximate surface area is 171 Å². The predicted octanol–water partition coefficient (Wildman–Crippen LogP) is 1.87. The van der Waals surface area contributed by atoms with Crippen molar-refractivity contribution in [1.82, 2.24) is 14.8 Å². The van der Waals surface area contributed by atoms with Crippen molar-refractivity contribution in [2.24, 2.45) is 7.05 Å². The molecular weight excluding hydrogens is 418 g/mol. The zero-order chi connectivity index (χ0) is 19.9. The van der Waals surface area contributed by atoms with Crippen molar-refractivity contribution in [2.75, 3.05) is 22.6 Å². The SMILES string of the molecule is Cn1c(SCC(=O)Nc2sc3c(c2C#N)CCC3)nnc1C1CCS(=O)(=O)C1. The maximum absolute atomic E-state index is 12.4. The quantitative estimate of drug-likeness (QED) is 0.710. The van der Waals surface area contributed by atoms with E-state index in [2.05, 4.69) is 21.6 Å². The molecule has 2 aromatic heterocycles. The molecule has 4 rings (SSSR count). The lowest BCUT2D eigenvalue weighted by molar-refractivity contribution is -0.113. The molecule has 3 heterocycles. The Kier molecular flexibility index (Phi) is 5.20. The molecule has 1 atom stereocenters. The van der Waals surface area contributed by atoms with Gasteiger partial charge in [0.2, 0.25) is 5.91 Å². The molecule has 1 amide bonds. The third kappa shape index (κ3) is 3.68. The van der Waals surface area contributed by atoms with Gasteiger partial charge in [-0.25, -0.2) is 8.42 Å². The summed E-state index contributed by atoms with van der Waals surface area (Å²) >= 11 is 2.74. The first kappa shape index (κ1) is 19.4. The fraction of sp³-hybridized carbons (Fsp3) is 0.529. The van der Waals surface area contributed by atoms with Gasteiger partial charge >= 0.3 is 0 Å². The highest BCUT2D eigenvalue weighted by molar-refractivity contribution is 7.99. The van der Waals surface area contributed by atoms with Crippen LogP contribution in [0.15, 0.2) is 5.16 Å². The minimum absolute atomic E-state index is 0.101. The number of hydrogen-bond donors (Lipinski definition) is 1. The standard InChI is InChI=1S/C17H19N5O3S3/c1-22-15(10-5-6-28(24,25)9-10)20-21-17(22)26-8-14(23)19-16-12(7-18)11-3-2-4-13(11)27-16/h10H,2-6,8-9H2,1H3,(H,19,23). The number of thiophene rings is 1. The average molecular weight is 438 g/mol. The van der Waals surface area contributed by atoms with E-state index in [9.17, 15) is 18.5 Å². The van der Waals surface area contributed by atoms with E-state index in [4.69, 9.17) is 0 Å². The molecule has 2 aliphatic rings. The molecule has 0 aromatic carbocycles. The maximum Gasteiger partial charge on any atom is 0.235 e. The highest BCUT2D eigenvalue weighted by Gasteiger charge is 2.32. The molecular formula is C17H19N5O3S3. The molecule has 11 heteroatoms. The van der Waals surface area contributed by atoms with Crippen LogP contribution in [-0.2, 0) is 34.5 Å². The van der Waals surface area contributed by atoms with Gasteiger partial charge in [-0.3, -0.25) is 4.79 Å². The van der Waals surface area contributed by atoms with Gasteiger partial charge in [0.1, 0.15) is 16.9 Å². The lowest BCUT2D eigenvalue weighted by Gasteiger charge is -2.08. The molecule has 1 unspecified atom stereocenters. The molecule has 0 spiro atoms. The van der Waals surface area contributed by atoms with Crippen molar-refractivity contribution in [3.05, 3.63) is 21.8 Å². The number of sulfone groups is 1. The van der Waals surface area contributed by atoms with Gasteiger partial charge < -0.3 is 9.88 Å². The Morgan fingerprint density at radius 3 is 2.96 bits per heavy atom. The summed E-state index contributed by atoms with van der Waals surface area (Å²) in [4.78, 5) is 13.6. The first-order chi connectivity index (χ1) is 13.4. The van der Waals surface area contributed by atoms with E-state index in [-0.39, 0.29) is 29.1 Å². The summed E-state index contributed by atoms with van der Waals surface area (Å²) in [7, 11) is -1.20. The number of aryl methyl sites for hydroxylation is 1. The van der Waals surface area contributed by atoms with Crippen LogP contribution in [0.25, 0.3) is 0 Å². The molecule has 1 saturated heterocycles.